The number of carbonyl (C=O) groups is 1. The molecule has 158 valence electrons. The molecule has 2 rings (SSSR count). The number of ether oxygens (including phenoxy) is 3. The quantitative estimate of drug-likeness (QED) is 0.448. The van der Waals surface area contributed by atoms with Crippen molar-refractivity contribution >= 4 is 27.6 Å². The standard InChI is InChI=1S/C20H24ClNO6S/c1-14(2)27-10-11-28-20(23)16-6-9-18(26-3)19(12-16)29(24,25)22-13-15-4-7-17(21)8-5-15/h4-9,12,14,22H,10-11,13H2,1-3H3. The van der Waals surface area contributed by atoms with Crippen molar-refractivity contribution < 1.29 is 27.4 Å². The summed E-state index contributed by atoms with van der Waals surface area (Å²) >= 11 is 5.84. The molecule has 0 saturated carbocycles. The Kier molecular flexibility index (Phi) is 8.45. The van der Waals surface area contributed by atoms with Gasteiger partial charge in [-0.15, -0.1) is 0 Å². The molecule has 0 saturated heterocycles. The van der Waals surface area contributed by atoms with E-state index in [4.69, 9.17) is 25.8 Å². The lowest BCUT2D eigenvalue weighted by molar-refractivity contribution is 0.0176. The van der Waals surface area contributed by atoms with Crippen LogP contribution in [0.5, 0.6) is 5.75 Å². The Labute approximate surface area is 176 Å². The van der Waals surface area contributed by atoms with Gasteiger partial charge < -0.3 is 14.2 Å². The van der Waals surface area contributed by atoms with Crippen LogP contribution < -0.4 is 9.46 Å². The second-order valence-electron chi connectivity index (χ2n) is 6.37. The Morgan fingerprint density at radius 3 is 2.41 bits per heavy atom. The van der Waals surface area contributed by atoms with Gasteiger partial charge in [0.25, 0.3) is 0 Å². The topological polar surface area (TPSA) is 90.9 Å². The number of hydrogen-bond donors (Lipinski definition) is 1. The van der Waals surface area contributed by atoms with Crippen molar-refractivity contribution in [3.05, 3.63) is 58.6 Å². The summed E-state index contributed by atoms with van der Waals surface area (Å²) in [6.45, 7) is 4.14. The molecule has 9 heteroatoms. The van der Waals surface area contributed by atoms with Gasteiger partial charge in [0.2, 0.25) is 10.0 Å². The van der Waals surface area contributed by atoms with Gasteiger partial charge in [0.1, 0.15) is 17.3 Å². The third-order valence-electron chi connectivity index (χ3n) is 3.84. The van der Waals surface area contributed by atoms with Crippen LogP contribution in [0.25, 0.3) is 0 Å². The lowest BCUT2D eigenvalue weighted by Crippen LogP contribution is -2.24. The van der Waals surface area contributed by atoms with E-state index >= 15 is 0 Å². The molecule has 0 atom stereocenters. The summed E-state index contributed by atoms with van der Waals surface area (Å²) in [5, 5.41) is 0.559. The Morgan fingerprint density at radius 2 is 1.79 bits per heavy atom. The van der Waals surface area contributed by atoms with E-state index in [1.807, 2.05) is 13.8 Å². The molecule has 7 nitrogen and oxygen atoms in total. The predicted molar refractivity (Wildman–Crippen MR) is 110 cm³/mol. The molecule has 1 N–H and O–H groups in total. The molecule has 0 aliphatic carbocycles. The lowest BCUT2D eigenvalue weighted by Gasteiger charge is -2.13. The Hall–Kier alpha value is -2.13. The van der Waals surface area contributed by atoms with Crippen molar-refractivity contribution in [2.24, 2.45) is 0 Å². The van der Waals surface area contributed by atoms with Crippen LogP contribution in [-0.4, -0.2) is 40.8 Å². The van der Waals surface area contributed by atoms with Gasteiger partial charge in [0, 0.05) is 11.6 Å². The van der Waals surface area contributed by atoms with Crippen LogP contribution in [0.2, 0.25) is 5.02 Å². The van der Waals surface area contributed by atoms with Gasteiger partial charge in [-0.25, -0.2) is 17.9 Å². The first-order valence-corrected chi connectivity index (χ1v) is 10.8. The average molecular weight is 442 g/mol. The zero-order chi connectivity index (χ0) is 21.4. The van der Waals surface area contributed by atoms with Crippen LogP contribution in [0.3, 0.4) is 0 Å². The summed E-state index contributed by atoms with van der Waals surface area (Å²) in [4.78, 5) is 12.1. The van der Waals surface area contributed by atoms with Gasteiger partial charge in [-0.3, -0.25) is 0 Å². The van der Waals surface area contributed by atoms with Crippen molar-refractivity contribution in [3.8, 4) is 5.75 Å². The second-order valence-corrected chi connectivity index (χ2v) is 8.54. The highest BCUT2D eigenvalue weighted by molar-refractivity contribution is 7.89. The number of hydrogen-bond acceptors (Lipinski definition) is 6. The molecule has 0 aliphatic rings. The first kappa shape index (κ1) is 23.2. The fraction of sp³-hybridized carbons (Fsp3) is 0.350. The monoisotopic (exact) mass is 441 g/mol. The zero-order valence-corrected chi connectivity index (χ0v) is 18.0. The van der Waals surface area contributed by atoms with E-state index in [1.54, 1.807) is 24.3 Å². The predicted octanol–water partition coefficient (Wildman–Crippen LogP) is 3.41. The van der Waals surface area contributed by atoms with E-state index in [2.05, 4.69) is 4.72 Å². The molecule has 0 radical (unpaired) electrons. The van der Waals surface area contributed by atoms with Crippen LogP contribution in [-0.2, 0) is 26.0 Å². The molecular weight excluding hydrogens is 418 g/mol. The maximum Gasteiger partial charge on any atom is 0.338 e. The molecule has 0 aromatic heterocycles. The minimum absolute atomic E-state index is 0.0261. The summed E-state index contributed by atoms with van der Waals surface area (Å²) in [5.41, 5.74) is 0.833. The number of esters is 1. The molecule has 0 unspecified atom stereocenters. The highest BCUT2D eigenvalue weighted by atomic mass is 35.5. The summed E-state index contributed by atoms with van der Waals surface area (Å²) in [5.74, 6) is -0.526. The van der Waals surface area contributed by atoms with Crippen molar-refractivity contribution in [1.82, 2.24) is 4.72 Å². The summed E-state index contributed by atoms with van der Waals surface area (Å²) in [6.07, 6.45) is 0.0261. The first-order chi connectivity index (χ1) is 13.7. The van der Waals surface area contributed by atoms with Gasteiger partial charge in [0.15, 0.2) is 0 Å². The van der Waals surface area contributed by atoms with Crippen LogP contribution in [0.4, 0.5) is 0 Å². The summed E-state index contributed by atoms with van der Waals surface area (Å²) in [7, 11) is -2.59. The molecule has 2 aromatic carbocycles. The molecule has 0 amide bonds. The van der Waals surface area contributed by atoms with E-state index in [-0.39, 0.29) is 42.1 Å². The minimum Gasteiger partial charge on any atom is -0.495 e. The molecule has 29 heavy (non-hydrogen) atoms. The van der Waals surface area contributed by atoms with Crippen molar-refractivity contribution in [3.63, 3.8) is 0 Å². The third kappa shape index (κ3) is 7.01. The van der Waals surface area contributed by atoms with Gasteiger partial charge in [-0.2, -0.15) is 0 Å². The average Bonchev–Trinajstić information content (AvgIpc) is 2.70. The Bertz CT molecular complexity index is 928. The maximum atomic E-state index is 12.8. The molecular formula is C20H24ClNO6S. The van der Waals surface area contributed by atoms with Crippen molar-refractivity contribution in [1.29, 1.82) is 0 Å². The Balaban J connectivity index is 2.13. The first-order valence-electron chi connectivity index (χ1n) is 8.94. The van der Waals surface area contributed by atoms with E-state index in [9.17, 15) is 13.2 Å². The largest absolute Gasteiger partial charge is 0.495 e. The minimum atomic E-state index is -3.94. The van der Waals surface area contributed by atoms with Gasteiger partial charge in [0.05, 0.1) is 25.4 Å². The van der Waals surface area contributed by atoms with E-state index in [1.165, 1.54) is 25.3 Å². The molecule has 0 aliphatic heterocycles. The highest BCUT2D eigenvalue weighted by Gasteiger charge is 2.22. The second kappa shape index (κ2) is 10.6. The van der Waals surface area contributed by atoms with Crippen LogP contribution >= 0.6 is 11.6 Å². The van der Waals surface area contributed by atoms with Crippen molar-refractivity contribution in [2.75, 3.05) is 20.3 Å². The highest BCUT2D eigenvalue weighted by Crippen LogP contribution is 2.25. The number of halogens is 1. The molecule has 2 aromatic rings. The van der Waals surface area contributed by atoms with E-state index in [0.717, 1.165) is 5.56 Å². The number of nitrogens with one attached hydrogen (secondary N) is 1. The summed E-state index contributed by atoms with van der Waals surface area (Å²) in [6, 6.07) is 10.9. The number of sulfonamides is 1. The van der Waals surface area contributed by atoms with Gasteiger partial charge in [-0.05, 0) is 49.7 Å². The normalized spacial score (nSPS) is 11.5. The molecule has 0 heterocycles. The molecule has 0 fully saturated rings. The van der Waals surface area contributed by atoms with Crippen LogP contribution in [0.15, 0.2) is 47.4 Å². The van der Waals surface area contributed by atoms with Crippen LogP contribution in [0.1, 0.15) is 29.8 Å². The van der Waals surface area contributed by atoms with E-state index in [0.29, 0.717) is 5.02 Å². The SMILES string of the molecule is COc1ccc(C(=O)OCCOC(C)C)cc1S(=O)(=O)NCc1ccc(Cl)cc1. The lowest BCUT2D eigenvalue weighted by atomic mass is 10.2. The fourth-order valence-electron chi connectivity index (χ4n) is 2.37. The number of benzene rings is 2. The Morgan fingerprint density at radius 1 is 1.10 bits per heavy atom. The van der Waals surface area contributed by atoms with Gasteiger partial charge in [-0.1, -0.05) is 23.7 Å². The maximum absolute atomic E-state index is 12.8. The zero-order valence-electron chi connectivity index (χ0n) is 16.5. The summed E-state index contributed by atoms with van der Waals surface area (Å²) < 4.78 is 43.6. The number of carbonyl (C=O) groups excluding carboxylic acids is 1. The van der Waals surface area contributed by atoms with Crippen molar-refractivity contribution in [2.45, 2.75) is 31.4 Å². The van der Waals surface area contributed by atoms with E-state index < -0.39 is 16.0 Å². The fourth-order valence-corrected chi connectivity index (χ4v) is 3.71. The molecule has 0 spiro atoms. The van der Waals surface area contributed by atoms with Crippen LogP contribution in [0, 0.1) is 0 Å². The molecule has 0 bridgehead atoms. The third-order valence-corrected chi connectivity index (χ3v) is 5.51. The van der Waals surface area contributed by atoms with Gasteiger partial charge >= 0.3 is 5.97 Å². The smallest absolute Gasteiger partial charge is 0.338 e. The number of methoxy groups -OCH3 is 1. The number of rotatable bonds is 10.